The molecule has 0 spiro atoms. The van der Waals surface area contributed by atoms with Crippen molar-refractivity contribution in [2.24, 2.45) is 0 Å². The molecule has 4 aromatic rings. The molecule has 0 N–H and O–H groups in total. The van der Waals surface area contributed by atoms with Crippen molar-refractivity contribution >= 4 is 23.4 Å². The van der Waals surface area contributed by atoms with Crippen LogP contribution in [0.1, 0.15) is 5.76 Å². The number of hydrogen-bond donors (Lipinski definition) is 0. The first kappa shape index (κ1) is 18.9. The Balaban J connectivity index is 1.55. The van der Waals surface area contributed by atoms with E-state index in [1.165, 1.54) is 11.8 Å². The van der Waals surface area contributed by atoms with Gasteiger partial charge >= 0.3 is 0 Å². The number of carbonyl (C=O) groups is 1. The van der Waals surface area contributed by atoms with Crippen LogP contribution >= 0.6 is 11.8 Å². The lowest BCUT2D eigenvalue weighted by Crippen LogP contribution is -2.28. The number of furan rings is 1. The first-order valence-corrected chi connectivity index (χ1v) is 10.0. The summed E-state index contributed by atoms with van der Waals surface area (Å²) in [6.45, 7) is 0.468. The van der Waals surface area contributed by atoms with E-state index >= 15 is 0 Å². The van der Waals surface area contributed by atoms with Gasteiger partial charge in [-0.1, -0.05) is 30.0 Å². The van der Waals surface area contributed by atoms with Crippen LogP contribution in [0.3, 0.4) is 0 Å². The monoisotopic (exact) mass is 405 g/mol. The van der Waals surface area contributed by atoms with Crippen LogP contribution in [0.15, 0.2) is 82.8 Å². The third kappa shape index (κ3) is 4.38. The number of aromatic nitrogens is 4. The lowest BCUT2D eigenvalue weighted by molar-refractivity contribution is -0.115. The molecule has 0 aliphatic heterocycles. The van der Waals surface area contributed by atoms with Crippen LogP contribution < -0.4 is 4.90 Å². The van der Waals surface area contributed by atoms with E-state index in [4.69, 9.17) is 4.42 Å². The Morgan fingerprint density at radius 2 is 1.97 bits per heavy atom. The average Bonchev–Trinajstić information content (AvgIpc) is 3.43. The number of anilines is 1. The SMILES string of the molecule is CN(C(=O)CSc1nnc(-c2cccnc2)n1Cc1ccco1)c1ccccc1. The quantitative estimate of drug-likeness (QED) is 0.436. The van der Waals surface area contributed by atoms with Crippen molar-refractivity contribution in [1.82, 2.24) is 19.7 Å². The number of hydrogen-bond acceptors (Lipinski definition) is 6. The molecule has 0 saturated heterocycles. The second-order valence-electron chi connectivity index (χ2n) is 6.29. The minimum absolute atomic E-state index is 0.0170. The average molecular weight is 405 g/mol. The van der Waals surface area contributed by atoms with E-state index < -0.39 is 0 Å². The van der Waals surface area contributed by atoms with Gasteiger partial charge in [0.05, 0.1) is 18.6 Å². The molecule has 0 atom stereocenters. The summed E-state index contributed by atoms with van der Waals surface area (Å²) in [5, 5.41) is 9.29. The number of nitrogens with zero attached hydrogens (tertiary/aromatic N) is 5. The molecule has 3 aromatic heterocycles. The summed E-state index contributed by atoms with van der Waals surface area (Å²) in [4.78, 5) is 18.4. The number of rotatable bonds is 7. The first-order valence-electron chi connectivity index (χ1n) is 9.03. The Morgan fingerprint density at radius 1 is 1.10 bits per heavy atom. The topological polar surface area (TPSA) is 77.1 Å². The van der Waals surface area contributed by atoms with Gasteiger partial charge in [0.25, 0.3) is 0 Å². The van der Waals surface area contributed by atoms with Crippen LogP contribution in [0.2, 0.25) is 0 Å². The van der Waals surface area contributed by atoms with E-state index in [-0.39, 0.29) is 11.7 Å². The minimum Gasteiger partial charge on any atom is -0.467 e. The Kier molecular flexibility index (Phi) is 5.71. The summed E-state index contributed by atoms with van der Waals surface area (Å²) in [5.41, 5.74) is 1.71. The van der Waals surface area contributed by atoms with Crippen LogP contribution in [0.5, 0.6) is 0 Å². The molecule has 4 rings (SSSR count). The summed E-state index contributed by atoms with van der Waals surface area (Å²) in [6, 6.07) is 17.1. The van der Waals surface area contributed by atoms with Crippen molar-refractivity contribution in [3.8, 4) is 11.4 Å². The van der Waals surface area contributed by atoms with Crippen LogP contribution in [-0.2, 0) is 11.3 Å². The van der Waals surface area contributed by atoms with E-state index in [0.717, 1.165) is 17.0 Å². The maximum Gasteiger partial charge on any atom is 0.237 e. The second kappa shape index (κ2) is 8.74. The third-order valence-electron chi connectivity index (χ3n) is 4.37. The van der Waals surface area contributed by atoms with Gasteiger partial charge in [0.15, 0.2) is 11.0 Å². The largest absolute Gasteiger partial charge is 0.467 e. The maximum absolute atomic E-state index is 12.6. The second-order valence-corrected chi connectivity index (χ2v) is 7.23. The molecule has 7 nitrogen and oxygen atoms in total. The highest BCUT2D eigenvalue weighted by Crippen LogP contribution is 2.25. The predicted molar refractivity (Wildman–Crippen MR) is 112 cm³/mol. The highest BCUT2D eigenvalue weighted by Gasteiger charge is 2.18. The van der Waals surface area contributed by atoms with Crippen molar-refractivity contribution in [2.75, 3.05) is 17.7 Å². The van der Waals surface area contributed by atoms with E-state index in [9.17, 15) is 4.79 Å². The Hall–Kier alpha value is -3.39. The fraction of sp³-hybridized carbons (Fsp3) is 0.143. The number of para-hydroxylation sites is 1. The standard InChI is InChI=1S/C21H19N5O2S/c1-25(17-8-3-2-4-9-17)19(27)15-29-21-24-23-20(16-7-5-11-22-13-16)26(21)14-18-10-6-12-28-18/h2-13H,14-15H2,1H3. The molecular formula is C21H19N5O2S. The smallest absolute Gasteiger partial charge is 0.237 e. The zero-order chi connectivity index (χ0) is 20.1. The highest BCUT2D eigenvalue weighted by atomic mass is 32.2. The number of benzene rings is 1. The first-order chi connectivity index (χ1) is 14.2. The van der Waals surface area contributed by atoms with E-state index in [1.807, 2.05) is 59.2 Å². The fourth-order valence-corrected chi connectivity index (χ4v) is 3.68. The molecule has 0 bridgehead atoms. The zero-order valence-electron chi connectivity index (χ0n) is 15.8. The molecule has 0 radical (unpaired) electrons. The van der Waals surface area contributed by atoms with Gasteiger partial charge in [-0.05, 0) is 36.4 Å². The Morgan fingerprint density at radius 3 is 2.69 bits per heavy atom. The summed E-state index contributed by atoms with van der Waals surface area (Å²) in [5.74, 6) is 1.69. The highest BCUT2D eigenvalue weighted by molar-refractivity contribution is 7.99. The van der Waals surface area contributed by atoms with Gasteiger partial charge in [0.2, 0.25) is 5.91 Å². The predicted octanol–water partition coefficient (Wildman–Crippen LogP) is 3.74. The number of thioether (sulfide) groups is 1. The van der Waals surface area contributed by atoms with Crippen molar-refractivity contribution in [2.45, 2.75) is 11.7 Å². The third-order valence-corrected chi connectivity index (χ3v) is 5.32. The van der Waals surface area contributed by atoms with Crippen molar-refractivity contribution in [1.29, 1.82) is 0 Å². The summed E-state index contributed by atoms with van der Waals surface area (Å²) in [6.07, 6.45) is 5.09. The summed E-state index contributed by atoms with van der Waals surface area (Å²) < 4.78 is 7.44. The molecule has 3 heterocycles. The van der Waals surface area contributed by atoms with E-state index in [1.54, 1.807) is 30.6 Å². The van der Waals surface area contributed by atoms with Gasteiger partial charge in [-0.25, -0.2) is 0 Å². The molecule has 146 valence electrons. The Bertz CT molecular complexity index is 1070. The number of carbonyl (C=O) groups excluding carboxylic acids is 1. The molecule has 0 unspecified atom stereocenters. The number of pyridine rings is 1. The van der Waals surface area contributed by atoms with Crippen molar-refractivity contribution in [3.05, 3.63) is 79.0 Å². The van der Waals surface area contributed by atoms with Gasteiger partial charge in [0.1, 0.15) is 5.76 Å². The minimum atomic E-state index is -0.0170. The van der Waals surface area contributed by atoms with Crippen molar-refractivity contribution < 1.29 is 9.21 Å². The maximum atomic E-state index is 12.6. The van der Waals surface area contributed by atoms with Crippen LogP contribution in [-0.4, -0.2) is 38.5 Å². The lowest BCUT2D eigenvalue weighted by atomic mass is 10.2. The molecule has 0 fully saturated rings. The fourth-order valence-electron chi connectivity index (χ4n) is 2.82. The molecule has 1 aromatic carbocycles. The summed E-state index contributed by atoms with van der Waals surface area (Å²) >= 11 is 1.35. The van der Waals surface area contributed by atoms with Gasteiger partial charge < -0.3 is 9.32 Å². The molecule has 29 heavy (non-hydrogen) atoms. The molecule has 0 saturated carbocycles. The lowest BCUT2D eigenvalue weighted by Gasteiger charge is -2.17. The van der Waals surface area contributed by atoms with Gasteiger partial charge in [-0.3, -0.25) is 14.3 Å². The van der Waals surface area contributed by atoms with Crippen LogP contribution in [0.4, 0.5) is 5.69 Å². The zero-order valence-corrected chi connectivity index (χ0v) is 16.6. The number of amides is 1. The normalized spacial score (nSPS) is 10.8. The van der Waals surface area contributed by atoms with E-state index in [2.05, 4.69) is 15.2 Å². The molecular weight excluding hydrogens is 386 g/mol. The van der Waals surface area contributed by atoms with Gasteiger partial charge in [0, 0.05) is 30.7 Å². The molecule has 0 aliphatic rings. The van der Waals surface area contributed by atoms with Crippen LogP contribution in [0.25, 0.3) is 11.4 Å². The van der Waals surface area contributed by atoms with E-state index in [0.29, 0.717) is 17.5 Å². The Labute approximate surface area is 172 Å². The molecule has 8 heteroatoms. The van der Waals surface area contributed by atoms with Gasteiger partial charge in [-0.15, -0.1) is 10.2 Å². The van der Waals surface area contributed by atoms with Gasteiger partial charge in [-0.2, -0.15) is 0 Å². The van der Waals surface area contributed by atoms with Crippen LogP contribution in [0, 0.1) is 0 Å². The summed E-state index contributed by atoms with van der Waals surface area (Å²) in [7, 11) is 1.77. The molecule has 0 aliphatic carbocycles. The van der Waals surface area contributed by atoms with Crippen molar-refractivity contribution in [3.63, 3.8) is 0 Å². The molecule has 1 amide bonds.